The number of ether oxygens (including phenoxy) is 7. The first-order chi connectivity index (χ1) is 62.8. The van der Waals surface area contributed by atoms with Crippen LogP contribution in [0.3, 0.4) is 0 Å². The summed E-state index contributed by atoms with van der Waals surface area (Å²) in [5.74, 6) is -16.6. The van der Waals surface area contributed by atoms with Gasteiger partial charge in [0.2, 0.25) is 47.5 Å². The zero-order valence-electron chi connectivity index (χ0n) is 74.0. The number of ketones is 3. The van der Waals surface area contributed by atoms with Gasteiger partial charge in [-0.15, -0.1) is 0 Å². The Morgan fingerprint density at radius 1 is 0.697 bits per heavy atom. The number of hydrogen-bond acceptors (Lipinski definition) is 28. The summed E-state index contributed by atoms with van der Waals surface area (Å²) < 4.78 is 44.6. The summed E-state index contributed by atoms with van der Waals surface area (Å²) in [6, 6.07) is 10.8. The third-order valence-corrected chi connectivity index (χ3v) is 27.5. The second-order valence-electron chi connectivity index (χ2n) is 36.9. The van der Waals surface area contributed by atoms with Crippen molar-refractivity contribution in [2.24, 2.45) is 53.1 Å². The monoisotopic (exact) mass is 1870 g/mol. The topological polar surface area (TPSA) is 540 Å². The molecule has 7 heterocycles. The number of phenolic OH excluding ortho intramolecular Hbond substituents is 3. The third kappa shape index (κ3) is 21.7. The van der Waals surface area contributed by atoms with Crippen LogP contribution >= 0.6 is 23.2 Å². The van der Waals surface area contributed by atoms with E-state index in [0.29, 0.717) is 43.4 Å². The van der Waals surface area contributed by atoms with E-state index in [1.807, 2.05) is 13.8 Å². The summed E-state index contributed by atoms with van der Waals surface area (Å²) >= 11 is 14.6. The van der Waals surface area contributed by atoms with Crippen molar-refractivity contribution < 1.29 is 127 Å². The van der Waals surface area contributed by atoms with Gasteiger partial charge in [-0.3, -0.25) is 48.5 Å². The summed E-state index contributed by atoms with van der Waals surface area (Å²) in [6.07, 6.45) is -15.0. The Morgan fingerprint density at radius 3 is 1.95 bits per heavy atom. The predicted octanol–water partition coefficient (Wildman–Crippen LogP) is 8.34. The summed E-state index contributed by atoms with van der Waals surface area (Å²) in [7, 11) is 1.42. The number of fused-ring (bicyclic) bond motifs is 15. The van der Waals surface area contributed by atoms with Crippen LogP contribution in [0.1, 0.15) is 195 Å². The average Bonchev–Trinajstić information content (AvgIpc) is 0.748. The molecular formula is C95H115Cl2N9O26. The standard InChI is InChI=1S/C95H115Cl2N9O26/c1-8-47(23-42(2)3)89(121)105-79-66(111)32-54(35-74(114)102-94(125)101-55-14-16-56(126-7)17-15-55)90(122)103-77-53-33-71(128-69-19-12-49(81(79)115)30-62(69)96)86(132-93-87(85(119)84(118)73(41-107)130-93)131-75-39-95(6,98)88(120)43(4)127-75)72(34-53)129-70-20-13-50(31-63(70)97)82(116)80-92(124)104-78(68(113)36-57-51-25-45-24-46(27-51)28-52(57)26-45)60-38-65(110)61(40-99-21-9-10-22-100-44(5)108)83(117)76(60)59-29-48(11-18-64(59)109)58(37-67(77)112)91(123)106-80/h11-20,29-31,33-34,38,42-43,45-47,51-52,54,57-58,73,75,77-82,84-85,87-88,93,99,107,109-110,115-120H,8-10,21-28,32,35-37,39-41,98H2,1-7H3,(H,100,108)(H,103,122)(H,104,124)(H,105,121)(H,106,123)(H2,101,102,114,125)/t43-,45?,46?,47+,51?,52?,54-,57?,58+,73+,75-,77+,78-,79-,80-,81+,82+,84+,85-,87+,88+,93-,95-/m0/s1. The lowest BCUT2D eigenvalue weighted by atomic mass is 9.51. The molecule has 18 atom stereocenters. The van der Waals surface area contributed by atoms with Crippen LogP contribution in [0.2, 0.25) is 10.0 Å². The van der Waals surface area contributed by atoms with E-state index >= 15 is 28.8 Å². The minimum atomic E-state index is -2.29. The number of imide groups is 1. The molecular weight excluding hydrogens is 1750 g/mol. The molecule has 0 spiro atoms. The first kappa shape index (κ1) is 97.4. The van der Waals surface area contributed by atoms with Gasteiger partial charge in [0.25, 0.3) is 0 Å². The number of halogens is 2. The molecule has 35 nitrogen and oxygen atoms in total. The van der Waals surface area contributed by atoms with E-state index in [2.05, 4.69) is 42.5 Å². The minimum Gasteiger partial charge on any atom is -0.507 e. The third-order valence-electron chi connectivity index (χ3n) is 26.9. The highest BCUT2D eigenvalue weighted by atomic mass is 35.5. The zero-order valence-corrected chi connectivity index (χ0v) is 75.6. The maximum Gasteiger partial charge on any atom is 0.325 e. The Hall–Kier alpha value is -10.6. The number of unbranched alkanes of at least 4 members (excludes halogenated alkanes) is 1. The molecule has 6 aromatic rings. The number of aliphatic hydroxyl groups is 6. The number of anilines is 1. The van der Waals surface area contributed by atoms with Crippen molar-refractivity contribution >= 4 is 87.7 Å². The van der Waals surface area contributed by atoms with Gasteiger partial charge < -0.3 is 122 Å². The Labute approximate surface area is 771 Å². The van der Waals surface area contributed by atoms with E-state index in [-0.39, 0.29) is 123 Å². The van der Waals surface area contributed by atoms with Crippen molar-refractivity contribution in [2.75, 3.05) is 32.1 Å². The smallest absolute Gasteiger partial charge is 0.325 e. The summed E-state index contributed by atoms with van der Waals surface area (Å²) in [6.45, 7) is 9.29. The number of Topliss-reactive ketones (excluding diaryl/α,β-unsaturated/α-hetero) is 3. The van der Waals surface area contributed by atoms with Gasteiger partial charge in [-0.1, -0.05) is 62.2 Å². The fourth-order valence-electron chi connectivity index (χ4n) is 20.1. The van der Waals surface area contributed by atoms with Crippen LogP contribution < -0.4 is 67.2 Å². The molecule has 19 N–H and O–H groups in total. The summed E-state index contributed by atoms with van der Waals surface area (Å²) in [4.78, 5) is 153. The summed E-state index contributed by atoms with van der Waals surface area (Å²) in [5.41, 5.74) is 3.40. The molecule has 132 heavy (non-hydrogen) atoms. The Balaban J connectivity index is 0.972. The number of nitrogens with one attached hydrogen (secondary N) is 8. The molecule has 0 radical (unpaired) electrons. The largest absolute Gasteiger partial charge is 0.507 e. The van der Waals surface area contributed by atoms with Gasteiger partial charge in [0.1, 0.15) is 89.2 Å². The average molecular weight is 1870 g/mol. The van der Waals surface area contributed by atoms with Gasteiger partial charge in [-0.2, -0.15) is 0 Å². The Bertz CT molecular complexity index is 5320. The van der Waals surface area contributed by atoms with Crippen LogP contribution in [-0.4, -0.2) is 198 Å². The van der Waals surface area contributed by atoms with Crippen LogP contribution in [0.25, 0.3) is 11.1 Å². The lowest BCUT2D eigenvalue weighted by Crippen LogP contribution is -2.64. The van der Waals surface area contributed by atoms with Crippen LogP contribution in [0.15, 0.2) is 97.1 Å². The normalized spacial score (nSPS) is 29.4. The molecule has 8 amide bonds. The molecule has 6 aromatic carbocycles. The number of methoxy groups -OCH3 is 1. The van der Waals surface area contributed by atoms with E-state index in [1.54, 1.807) is 6.92 Å². The van der Waals surface area contributed by atoms with Gasteiger partial charge in [-0.25, -0.2) is 4.79 Å². The number of benzene rings is 6. The number of urea groups is 1. The Kier molecular flexibility index (Phi) is 30.6. The van der Waals surface area contributed by atoms with E-state index in [9.17, 15) is 65.1 Å². The van der Waals surface area contributed by atoms with Gasteiger partial charge >= 0.3 is 6.03 Å². The maximum absolute atomic E-state index is 17.0. The number of carbonyl (C=O) groups is 10. The number of amides is 8. The van der Waals surface area contributed by atoms with Crippen LogP contribution in [0.4, 0.5) is 10.5 Å². The number of hydrogen-bond donors (Lipinski definition) is 18. The molecule has 710 valence electrons. The van der Waals surface area contributed by atoms with Gasteiger partial charge in [0, 0.05) is 80.4 Å². The maximum atomic E-state index is 17.0. The second kappa shape index (κ2) is 41.5. The zero-order chi connectivity index (χ0) is 94.7. The molecule has 6 fully saturated rings. The number of phenols is 3. The number of rotatable bonds is 24. The van der Waals surface area contributed by atoms with Crippen LogP contribution in [0.5, 0.6) is 51.7 Å². The van der Waals surface area contributed by atoms with E-state index in [4.69, 9.17) is 62.1 Å². The van der Waals surface area contributed by atoms with Crippen molar-refractivity contribution in [1.29, 1.82) is 0 Å². The highest BCUT2D eigenvalue weighted by molar-refractivity contribution is 6.32. The quantitative estimate of drug-likeness (QED) is 0.0253. The molecule has 17 rings (SSSR count). The highest BCUT2D eigenvalue weighted by Crippen LogP contribution is 2.59. The van der Waals surface area contributed by atoms with Gasteiger partial charge in [-0.05, 0) is 220 Å². The molecule has 37 heteroatoms. The highest BCUT2D eigenvalue weighted by Gasteiger charge is 2.54. The molecule has 2 saturated heterocycles. The fourth-order valence-corrected chi connectivity index (χ4v) is 20.6. The van der Waals surface area contributed by atoms with Crippen LogP contribution in [-0.2, 0) is 63.9 Å². The number of aromatic hydroxyl groups is 3. The van der Waals surface area contributed by atoms with E-state index < -0.39 is 233 Å². The summed E-state index contributed by atoms with van der Waals surface area (Å²) in [5, 5.41) is 131. The molecule has 4 saturated carbocycles. The van der Waals surface area contributed by atoms with E-state index in [0.717, 1.165) is 56.4 Å². The minimum absolute atomic E-state index is 0.0652. The van der Waals surface area contributed by atoms with Gasteiger partial charge in [0.15, 0.2) is 41.2 Å². The first-order valence-corrected chi connectivity index (χ1v) is 45.6. The lowest BCUT2D eigenvalue weighted by molar-refractivity contribution is -0.333. The van der Waals surface area contributed by atoms with E-state index in [1.165, 1.54) is 101 Å². The van der Waals surface area contributed by atoms with Crippen molar-refractivity contribution in [2.45, 2.75) is 235 Å². The molecule has 7 aliphatic heterocycles. The number of aliphatic hydroxyl groups excluding tert-OH is 6. The predicted molar refractivity (Wildman–Crippen MR) is 476 cm³/mol. The second-order valence-corrected chi connectivity index (χ2v) is 37.7. The Morgan fingerprint density at radius 2 is 1.34 bits per heavy atom. The van der Waals surface area contributed by atoms with Crippen molar-refractivity contribution in [1.82, 2.24) is 37.2 Å². The van der Waals surface area contributed by atoms with Gasteiger partial charge in [0.05, 0.1) is 53.4 Å². The molecule has 0 unspecified atom stereocenters. The lowest BCUT2D eigenvalue weighted by Gasteiger charge is -2.54. The van der Waals surface area contributed by atoms with Crippen molar-refractivity contribution in [3.05, 3.63) is 140 Å². The number of carbonyl (C=O) groups excluding carboxylic acids is 10. The van der Waals surface area contributed by atoms with Crippen molar-refractivity contribution in [3.8, 4) is 62.9 Å². The number of nitrogens with two attached hydrogens (primary N) is 1. The molecule has 15 bridgehead atoms. The SMILES string of the molecule is CC[C@H](CC(C)C)C(=O)N[C@H]1C(=O)C[C@@H](CC(=O)NC(=O)Nc2ccc(OC)cc2)C(=O)N[C@H]2C(=O)C[C@H]3C(=O)N[C@H](C(=O)N[C@H](C(=O)CC4C5CC6CC(C5)CC4C6)c4cc(O)c(CNCCCCNC(C)=O)c(O)c4-c4cc3ccc4O)[C@H](O)c3ccc(c(Cl)c3)Oc3cc2cc(c3O[C@@H]2O[C@H](CO)[C@@H](O)[C@H](O)[C@H]2O[C@H]2C[C@](C)(N)[C@H](O)[C@H](C)O2)Oc2ccc(cc2Cl)[C@H]1O. The van der Waals surface area contributed by atoms with Crippen LogP contribution in [0, 0.1) is 47.3 Å². The van der Waals surface area contributed by atoms with Crippen molar-refractivity contribution in [3.63, 3.8) is 0 Å². The molecule has 11 aliphatic rings. The fraction of sp³-hybridized carbons (Fsp3) is 0.516. The molecule has 0 aromatic heterocycles. The first-order valence-electron chi connectivity index (χ1n) is 44.8. The molecule has 4 aliphatic carbocycles.